The smallest absolute Gasteiger partial charge is 0.0684 e. The van der Waals surface area contributed by atoms with Crippen molar-refractivity contribution in [2.45, 2.75) is 39.7 Å². The lowest BCUT2D eigenvalue weighted by Gasteiger charge is -2.19. The Morgan fingerprint density at radius 1 is 1.56 bits per heavy atom. The van der Waals surface area contributed by atoms with Gasteiger partial charge < -0.3 is 5.32 Å². The summed E-state index contributed by atoms with van der Waals surface area (Å²) in [5.74, 6) is 0. The number of thiophene rings is 1. The number of nitriles is 1. The van der Waals surface area contributed by atoms with Crippen LogP contribution >= 0.6 is 11.3 Å². The van der Waals surface area contributed by atoms with Crippen LogP contribution in [0.4, 0.5) is 0 Å². The van der Waals surface area contributed by atoms with E-state index in [2.05, 4.69) is 35.8 Å². The quantitative estimate of drug-likeness (QED) is 0.817. The second kappa shape index (κ2) is 6.03. The number of hydrogen-bond acceptors (Lipinski definition) is 3. The number of nitrogens with one attached hydrogen (secondary N) is 1. The van der Waals surface area contributed by atoms with E-state index in [9.17, 15) is 0 Å². The molecule has 0 aliphatic rings. The molecule has 16 heavy (non-hydrogen) atoms. The standard InChI is InChI=1S/C13H20N2S/c1-4-11(12-6-5-9-16-12)15-8-7-13(2,3)10-14/h5-6,9,11,15H,4,7-8H2,1-3H3. The van der Waals surface area contributed by atoms with E-state index in [1.54, 1.807) is 11.3 Å². The summed E-state index contributed by atoms with van der Waals surface area (Å²) in [4.78, 5) is 1.39. The highest BCUT2D eigenvalue weighted by molar-refractivity contribution is 7.10. The summed E-state index contributed by atoms with van der Waals surface area (Å²) in [6, 6.07) is 7.02. The van der Waals surface area contributed by atoms with E-state index < -0.39 is 0 Å². The molecule has 0 saturated heterocycles. The molecule has 0 aromatic carbocycles. The molecule has 2 nitrogen and oxygen atoms in total. The Bertz CT molecular complexity index is 335. The van der Waals surface area contributed by atoms with Gasteiger partial charge in [-0.3, -0.25) is 0 Å². The SMILES string of the molecule is CCC(NCCC(C)(C)C#N)c1cccs1. The molecule has 1 heterocycles. The zero-order valence-electron chi connectivity index (χ0n) is 10.3. The van der Waals surface area contributed by atoms with Crippen molar-refractivity contribution in [1.82, 2.24) is 5.32 Å². The third kappa shape index (κ3) is 3.96. The van der Waals surface area contributed by atoms with Gasteiger partial charge in [-0.15, -0.1) is 11.3 Å². The van der Waals surface area contributed by atoms with Gasteiger partial charge in [0.25, 0.3) is 0 Å². The van der Waals surface area contributed by atoms with E-state index in [4.69, 9.17) is 5.26 Å². The van der Waals surface area contributed by atoms with Gasteiger partial charge in [0, 0.05) is 10.9 Å². The van der Waals surface area contributed by atoms with Gasteiger partial charge in [0.2, 0.25) is 0 Å². The molecule has 0 fully saturated rings. The van der Waals surface area contributed by atoms with Gasteiger partial charge in [0.1, 0.15) is 0 Å². The molecule has 1 unspecified atom stereocenters. The lowest BCUT2D eigenvalue weighted by Crippen LogP contribution is -2.25. The highest BCUT2D eigenvalue weighted by Gasteiger charge is 2.17. The minimum absolute atomic E-state index is 0.221. The highest BCUT2D eigenvalue weighted by Crippen LogP contribution is 2.23. The predicted octanol–water partition coefficient (Wildman–Crippen LogP) is 3.73. The van der Waals surface area contributed by atoms with Crippen LogP contribution in [0.1, 0.15) is 44.5 Å². The summed E-state index contributed by atoms with van der Waals surface area (Å²) >= 11 is 1.79. The van der Waals surface area contributed by atoms with Crippen molar-refractivity contribution < 1.29 is 0 Å². The minimum Gasteiger partial charge on any atom is -0.309 e. The summed E-state index contributed by atoms with van der Waals surface area (Å²) in [7, 11) is 0. The van der Waals surface area contributed by atoms with Crippen molar-refractivity contribution in [3.05, 3.63) is 22.4 Å². The van der Waals surface area contributed by atoms with Gasteiger partial charge in [-0.1, -0.05) is 13.0 Å². The Balaban J connectivity index is 2.40. The molecular formula is C13H20N2S. The maximum atomic E-state index is 8.92. The van der Waals surface area contributed by atoms with Crippen molar-refractivity contribution in [1.29, 1.82) is 5.26 Å². The maximum Gasteiger partial charge on any atom is 0.0684 e. The lowest BCUT2D eigenvalue weighted by molar-refractivity contribution is 0.408. The second-order valence-electron chi connectivity index (χ2n) is 4.68. The molecule has 3 heteroatoms. The summed E-state index contributed by atoms with van der Waals surface area (Å²) in [6.45, 7) is 7.06. The first-order valence-electron chi connectivity index (χ1n) is 5.77. The van der Waals surface area contributed by atoms with Crippen LogP contribution in [0.25, 0.3) is 0 Å². The molecule has 0 radical (unpaired) electrons. The van der Waals surface area contributed by atoms with Crippen LogP contribution in [0.3, 0.4) is 0 Å². The molecule has 0 bridgehead atoms. The Hall–Kier alpha value is -0.850. The van der Waals surface area contributed by atoms with Gasteiger partial charge in [0.15, 0.2) is 0 Å². The van der Waals surface area contributed by atoms with Gasteiger partial charge in [0.05, 0.1) is 11.5 Å². The van der Waals surface area contributed by atoms with Gasteiger partial charge in [-0.05, 0) is 44.7 Å². The fraction of sp³-hybridized carbons (Fsp3) is 0.615. The van der Waals surface area contributed by atoms with Crippen LogP contribution in [0.2, 0.25) is 0 Å². The third-order valence-corrected chi connectivity index (χ3v) is 3.72. The van der Waals surface area contributed by atoms with Gasteiger partial charge in [-0.2, -0.15) is 5.26 Å². The van der Waals surface area contributed by atoms with E-state index in [0.717, 1.165) is 19.4 Å². The van der Waals surface area contributed by atoms with Gasteiger partial charge in [-0.25, -0.2) is 0 Å². The van der Waals surface area contributed by atoms with Crippen molar-refractivity contribution in [3.63, 3.8) is 0 Å². The van der Waals surface area contributed by atoms with E-state index >= 15 is 0 Å². The van der Waals surface area contributed by atoms with Crippen molar-refractivity contribution in [2.75, 3.05) is 6.54 Å². The third-order valence-electron chi connectivity index (χ3n) is 2.74. The average Bonchev–Trinajstić information content (AvgIpc) is 2.78. The Morgan fingerprint density at radius 3 is 2.81 bits per heavy atom. The average molecular weight is 236 g/mol. The zero-order valence-corrected chi connectivity index (χ0v) is 11.1. The van der Waals surface area contributed by atoms with Gasteiger partial charge >= 0.3 is 0 Å². The van der Waals surface area contributed by atoms with Crippen LogP contribution in [0.5, 0.6) is 0 Å². The number of rotatable bonds is 6. The fourth-order valence-electron chi connectivity index (χ4n) is 1.55. The topological polar surface area (TPSA) is 35.8 Å². The molecular weight excluding hydrogens is 216 g/mol. The molecule has 88 valence electrons. The van der Waals surface area contributed by atoms with E-state index in [1.807, 2.05) is 13.8 Å². The summed E-state index contributed by atoms with van der Waals surface area (Å²) in [6.07, 6.45) is 1.98. The monoisotopic (exact) mass is 236 g/mol. The molecule has 1 aromatic rings. The Kier molecular flexibility index (Phi) is 4.98. The predicted molar refractivity (Wildman–Crippen MR) is 69.4 cm³/mol. The molecule has 0 spiro atoms. The van der Waals surface area contributed by atoms with Crippen LogP contribution in [0.15, 0.2) is 17.5 Å². The van der Waals surface area contributed by atoms with Crippen LogP contribution in [-0.4, -0.2) is 6.54 Å². The van der Waals surface area contributed by atoms with Crippen LogP contribution < -0.4 is 5.32 Å². The highest BCUT2D eigenvalue weighted by atomic mass is 32.1. The lowest BCUT2D eigenvalue weighted by atomic mass is 9.91. The molecule has 1 atom stereocenters. The van der Waals surface area contributed by atoms with Crippen molar-refractivity contribution in [3.8, 4) is 6.07 Å². The molecule has 0 saturated carbocycles. The van der Waals surface area contributed by atoms with Crippen molar-refractivity contribution >= 4 is 11.3 Å². The fourth-order valence-corrected chi connectivity index (χ4v) is 2.44. The minimum atomic E-state index is -0.221. The first-order valence-corrected chi connectivity index (χ1v) is 6.65. The number of nitrogens with zero attached hydrogens (tertiary/aromatic N) is 1. The molecule has 0 aliphatic heterocycles. The van der Waals surface area contributed by atoms with E-state index in [0.29, 0.717) is 6.04 Å². The first-order chi connectivity index (χ1) is 7.59. The second-order valence-corrected chi connectivity index (χ2v) is 5.66. The first kappa shape index (κ1) is 13.2. The largest absolute Gasteiger partial charge is 0.309 e. The molecule has 0 aliphatic carbocycles. The summed E-state index contributed by atoms with van der Waals surface area (Å²) in [5.41, 5.74) is -0.221. The summed E-state index contributed by atoms with van der Waals surface area (Å²) < 4.78 is 0. The van der Waals surface area contributed by atoms with Crippen molar-refractivity contribution in [2.24, 2.45) is 5.41 Å². The maximum absolute atomic E-state index is 8.92. The molecule has 1 aromatic heterocycles. The van der Waals surface area contributed by atoms with E-state index in [-0.39, 0.29) is 5.41 Å². The molecule has 1 N–H and O–H groups in total. The normalized spacial score (nSPS) is 13.4. The van der Waals surface area contributed by atoms with E-state index in [1.165, 1.54) is 4.88 Å². The van der Waals surface area contributed by atoms with Crippen LogP contribution in [-0.2, 0) is 0 Å². The summed E-state index contributed by atoms with van der Waals surface area (Å²) in [5, 5.41) is 14.6. The zero-order chi connectivity index (χ0) is 12.0. The Labute approximate surface area is 102 Å². The number of hydrogen-bond donors (Lipinski definition) is 1. The van der Waals surface area contributed by atoms with Crippen LogP contribution in [0, 0.1) is 16.7 Å². The molecule has 0 amide bonds. The molecule has 1 rings (SSSR count). The Morgan fingerprint density at radius 2 is 2.31 bits per heavy atom.